The normalized spacial score (nSPS) is 22.9. The zero-order chi connectivity index (χ0) is 9.52. The van der Waals surface area contributed by atoms with Crippen molar-refractivity contribution in [1.82, 2.24) is 0 Å². The van der Waals surface area contributed by atoms with E-state index < -0.39 is 0 Å². The summed E-state index contributed by atoms with van der Waals surface area (Å²) in [5.74, 6) is 0. The first kappa shape index (κ1) is 10.8. The van der Waals surface area contributed by atoms with Crippen molar-refractivity contribution >= 4 is 0 Å². The number of ether oxygens (including phenoxy) is 1. The van der Waals surface area contributed by atoms with Gasteiger partial charge in [0, 0.05) is 0 Å². The van der Waals surface area contributed by atoms with E-state index in [2.05, 4.69) is 19.9 Å². The highest BCUT2D eigenvalue weighted by Gasteiger charge is 2.10. The van der Waals surface area contributed by atoms with Crippen molar-refractivity contribution in [2.24, 2.45) is 0 Å². The fourth-order valence-electron chi connectivity index (χ4n) is 1.76. The molecule has 1 aliphatic heterocycles. The van der Waals surface area contributed by atoms with Gasteiger partial charge in [0.15, 0.2) is 0 Å². The average Bonchev–Trinajstić information content (AvgIpc) is 2.13. The molecular weight excluding hydrogens is 160 g/mol. The van der Waals surface area contributed by atoms with Crippen LogP contribution in [0, 0.1) is 0 Å². The summed E-state index contributed by atoms with van der Waals surface area (Å²) in [6.07, 6.45) is 10.4. The third-order valence-corrected chi connectivity index (χ3v) is 2.64. The van der Waals surface area contributed by atoms with E-state index in [0.29, 0.717) is 6.10 Å². The van der Waals surface area contributed by atoms with Gasteiger partial charge >= 0.3 is 0 Å². The maximum Gasteiger partial charge on any atom is 0.0758 e. The Morgan fingerprint density at radius 1 is 1.38 bits per heavy atom. The Balaban J connectivity index is 2.10. The lowest BCUT2D eigenvalue weighted by molar-refractivity contribution is 0.0695. The van der Waals surface area contributed by atoms with Crippen molar-refractivity contribution in [3.05, 3.63) is 11.6 Å². The predicted octanol–water partition coefficient (Wildman–Crippen LogP) is 3.69. The number of unbranched alkanes of at least 4 members (excludes halogenated alkanes) is 3. The molecule has 1 nitrogen and oxygen atoms in total. The Morgan fingerprint density at radius 3 is 2.92 bits per heavy atom. The van der Waals surface area contributed by atoms with Crippen LogP contribution in [0.1, 0.15) is 52.4 Å². The van der Waals surface area contributed by atoms with E-state index >= 15 is 0 Å². The molecule has 76 valence electrons. The molecule has 1 heterocycles. The molecule has 0 aromatic rings. The van der Waals surface area contributed by atoms with Crippen LogP contribution < -0.4 is 0 Å². The van der Waals surface area contributed by atoms with Gasteiger partial charge in [0.25, 0.3) is 0 Å². The summed E-state index contributed by atoms with van der Waals surface area (Å²) in [5.41, 5.74) is 1.51. The molecule has 0 amide bonds. The third kappa shape index (κ3) is 4.47. The summed E-state index contributed by atoms with van der Waals surface area (Å²) in [5, 5.41) is 0. The third-order valence-electron chi connectivity index (χ3n) is 2.64. The first-order valence-corrected chi connectivity index (χ1v) is 5.62. The summed E-state index contributed by atoms with van der Waals surface area (Å²) < 4.78 is 5.65. The molecule has 1 heteroatoms. The van der Waals surface area contributed by atoms with Gasteiger partial charge in [0.2, 0.25) is 0 Å². The summed E-state index contributed by atoms with van der Waals surface area (Å²) in [6.45, 7) is 5.39. The van der Waals surface area contributed by atoms with E-state index in [1.807, 2.05) is 0 Å². The smallest absolute Gasteiger partial charge is 0.0758 e. The standard InChI is InChI=1S/C12H22O/c1-3-4-5-6-7-12-10-11(2)8-9-13-12/h10,12H,3-9H2,1-2H3. The maximum absolute atomic E-state index is 5.65. The highest BCUT2D eigenvalue weighted by molar-refractivity contribution is 5.04. The van der Waals surface area contributed by atoms with Gasteiger partial charge in [-0.05, 0) is 19.8 Å². The van der Waals surface area contributed by atoms with Crippen LogP contribution in [-0.2, 0) is 4.74 Å². The van der Waals surface area contributed by atoms with Crippen molar-refractivity contribution in [2.45, 2.75) is 58.5 Å². The fraction of sp³-hybridized carbons (Fsp3) is 0.833. The summed E-state index contributed by atoms with van der Waals surface area (Å²) in [7, 11) is 0. The Morgan fingerprint density at radius 2 is 2.23 bits per heavy atom. The van der Waals surface area contributed by atoms with E-state index in [1.165, 1.54) is 37.7 Å². The number of hydrogen-bond donors (Lipinski definition) is 0. The Labute approximate surface area is 82.2 Å². The topological polar surface area (TPSA) is 9.23 Å². The first-order chi connectivity index (χ1) is 6.33. The van der Waals surface area contributed by atoms with Crippen LogP contribution in [-0.4, -0.2) is 12.7 Å². The molecule has 0 bridgehead atoms. The molecular formula is C12H22O. The largest absolute Gasteiger partial charge is 0.374 e. The van der Waals surface area contributed by atoms with Gasteiger partial charge in [0.1, 0.15) is 0 Å². The molecule has 13 heavy (non-hydrogen) atoms. The van der Waals surface area contributed by atoms with Gasteiger partial charge in [-0.3, -0.25) is 0 Å². The van der Waals surface area contributed by atoms with Gasteiger partial charge in [-0.25, -0.2) is 0 Å². The zero-order valence-electron chi connectivity index (χ0n) is 9.01. The summed E-state index contributed by atoms with van der Waals surface area (Å²) in [6, 6.07) is 0. The molecule has 0 fully saturated rings. The predicted molar refractivity (Wildman–Crippen MR) is 56.9 cm³/mol. The molecule has 0 aromatic heterocycles. The van der Waals surface area contributed by atoms with Crippen molar-refractivity contribution in [1.29, 1.82) is 0 Å². The van der Waals surface area contributed by atoms with E-state index in [9.17, 15) is 0 Å². The molecule has 0 spiro atoms. The number of rotatable bonds is 5. The van der Waals surface area contributed by atoms with Crippen LogP contribution >= 0.6 is 0 Å². The SMILES string of the molecule is CCCCCCC1C=C(C)CCO1. The molecule has 0 saturated heterocycles. The van der Waals surface area contributed by atoms with Gasteiger partial charge in [-0.15, -0.1) is 0 Å². The van der Waals surface area contributed by atoms with Gasteiger partial charge in [-0.2, -0.15) is 0 Å². The molecule has 1 atom stereocenters. The van der Waals surface area contributed by atoms with E-state index in [0.717, 1.165) is 13.0 Å². The zero-order valence-corrected chi connectivity index (χ0v) is 9.01. The summed E-state index contributed by atoms with van der Waals surface area (Å²) in [4.78, 5) is 0. The maximum atomic E-state index is 5.65. The van der Waals surface area contributed by atoms with E-state index in [1.54, 1.807) is 0 Å². The van der Waals surface area contributed by atoms with E-state index in [-0.39, 0.29) is 0 Å². The molecule has 1 rings (SSSR count). The van der Waals surface area contributed by atoms with Crippen molar-refractivity contribution in [2.75, 3.05) is 6.61 Å². The molecule has 1 unspecified atom stereocenters. The van der Waals surface area contributed by atoms with Crippen LogP contribution in [0.15, 0.2) is 11.6 Å². The lowest BCUT2D eigenvalue weighted by atomic mass is 10.0. The molecule has 0 aromatic carbocycles. The second-order valence-electron chi connectivity index (χ2n) is 4.02. The van der Waals surface area contributed by atoms with E-state index in [4.69, 9.17) is 4.74 Å². The van der Waals surface area contributed by atoms with Gasteiger partial charge in [-0.1, -0.05) is 44.3 Å². The second-order valence-corrected chi connectivity index (χ2v) is 4.02. The van der Waals surface area contributed by atoms with Crippen LogP contribution in [0.3, 0.4) is 0 Å². The lowest BCUT2D eigenvalue weighted by Crippen LogP contribution is -2.16. The van der Waals surface area contributed by atoms with Crippen LogP contribution in [0.4, 0.5) is 0 Å². The summed E-state index contributed by atoms with van der Waals surface area (Å²) >= 11 is 0. The average molecular weight is 182 g/mol. The molecule has 0 aliphatic carbocycles. The quantitative estimate of drug-likeness (QED) is 0.465. The Kier molecular flexibility index (Phi) is 5.14. The molecule has 1 aliphatic rings. The van der Waals surface area contributed by atoms with Crippen LogP contribution in [0.5, 0.6) is 0 Å². The minimum Gasteiger partial charge on any atom is -0.374 e. The van der Waals surface area contributed by atoms with Crippen LogP contribution in [0.25, 0.3) is 0 Å². The van der Waals surface area contributed by atoms with Crippen molar-refractivity contribution in [3.63, 3.8) is 0 Å². The molecule has 0 radical (unpaired) electrons. The first-order valence-electron chi connectivity index (χ1n) is 5.62. The van der Waals surface area contributed by atoms with Crippen LogP contribution in [0.2, 0.25) is 0 Å². The highest BCUT2D eigenvalue weighted by Crippen LogP contribution is 2.17. The minimum atomic E-state index is 0.422. The Hall–Kier alpha value is -0.300. The lowest BCUT2D eigenvalue weighted by Gasteiger charge is -2.20. The van der Waals surface area contributed by atoms with Crippen molar-refractivity contribution in [3.8, 4) is 0 Å². The van der Waals surface area contributed by atoms with Gasteiger partial charge in [0.05, 0.1) is 12.7 Å². The Bertz CT molecular complexity index is 161. The highest BCUT2D eigenvalue weighted by atomic mass is 16.5. The number of hydrogen-bond acceptors (Lipinski definition) is 1. The second kappa shape index (κ2) is 6.20. The molecule has 0 saturated carbocycles. The fourth-order valence-corrected chi connectivity index (χ4v) is 1.76. The van der Waals surface area contributed by atoms with Gasteiger partial charge < -0.3 is 4.74 Å². The van der Waals surface area contributed by atoms with Crippen molar-refractivity contribution < 1.29 is 4.74 Å². The monoisotopic (exact) mass is 182 g/mol. The molecule has 0 N–H and O–H groups in total. The minimum absolute atomic E-state index is 0.422.